The van der Waals surface area contributed by atoms with Gasteiger partial charge in [0, 0.05) is 12.2 Å². The molecule has 3 aromatic carbocycles. The summed E-state index contributed by atoms with van der Waals surface area (Å²) in [4.78, 5) is 0. The number of benzene rings is 3. The second kappa shape index (κ2) is 5.79. The van der Waals surface area contributed by atoms with Gasteiger partial charge in [-0.2, -0.15) is 0 Å². The summed E-state index contributed by atoms with van der Waals surface area (Å²) in [6.07, 6.45) is 1.08. The highest BCUT2D eigenvalue weighted by atomic mass is 14.9. The fourth-order valence-electron chi connectivity index (χ4n) is 2.57. The number of hydrogen-bond acceptors (Lipinski definition) is 1. The van der Waals surface area contributed by atoms with E-state index >= 15 is 0 Å². The van der Waals surface area contributed by atoms with Crippen molar-refractivity contribution in [3.8, 4) is 0 Å². The molecule has 0 spiro atoms. The normalized spacial score (nSPS) is 10.7. The first kappa shape index (κ1) is 12.7. The molecule has 0 aliphatic heterocycles. The van der Waals surface area contributed by atoms with Crippen LogP contribution in [0.5, 0.6) is 0 Å². The Kier molecular flexibility index (Phi) is 3.69. The Hall–Kier alpha value is -2.28. The lowest BCUT2D eigenvalue weighted by atomic mass is 10.1. The molecule has 3 rings (SSSR count). The summed E-state index contributed by atoms with van der Waals surface area (Å²) in [5.41, 5.74) is 3.97. The SMILES string of the molecule is CCc1ccccc1CNc1ccc2ccccc2c1. The summed E-state index contributed by atoms with van der Waals surface area (Å²) in [6, 6.07) is 23.6. The van der Waals surface area contributed by atoms with Crippen LogP contribution in [-0.2, 0) is 13.0 Å². The molecule has 1 nitrogen and oxygen atoms in total. The van der Waals surface area contributed by atoms with Crippen molar-refractivity contribution in [3.05, 3.63) is 77.9 Å². The van der Waals surface area contributed by atoms with Crippen molar-refractivity contribution >= 4 is 16.5 Å². The second-order valence-electron chi connectivity index (χ2n) is 5.04. The average molecular weight is 261 g/mol. The Labute approximate surface area is 120 Å². The number of fused-ring (bicyclic) bond motifs is 1. The predicted molar refractivity (Wildman–Crippen MR) is 87.1 cm³/mol. The number of hydrogen-bond donors (Lipinski definition) is 1. The third-order valence-electron chi connectivity index (χ3n) is 3.73. The van der Waals surface area contributed by atoms with Crippen molar-refractivity contribution < 1.29 is 0 Å². The van der Waals surface area contributed by atoms with Crippen LogP contribution in [0.1, 0.15) is 18.1 Å². The number of rotatable bonds is 4. The van der Waals surface area contributed by atoms with E-state index in [1.807, 2.05) is 0 Å². The van der Waals surface area contributed by atoms with E-state index in [-0.39, 0.29) is 0 Å². The number of anilines is 1. The lowest BCUT2D eigenvalue weighted by Crippen LogP contribution is -2.02. The van der Waals surface area contributed by atoms with E-state index in [0.717, 1.165) is 13.0 Å². The summed E-state index contributed by atoms with van der Waals surface area (Å²) in [6.45, 7) is 3.08. The molecule has 0 saturated carbocycles. The van der Waals surface area contributed by atoms with E-state index in [0.29, 0.717) is 0 Å². The van der Waals surface area contributed by atoms with Gasteiger partial charge in [-0.05, 0) is 40.5 Å². The summed E-state index contributed by atoms with van der Waals surface area (Å²) in [5.74, 6) is 0. The molecule has 3 aromatic rings. The van der Waals surface area contributed by atoms with Gasteiger partial charge in [-0.1, -0.05) is 61.5 Å². The molecular weight excluding hydrogens is 242 g/mol. The monoisotopic (exact) mass is 261 g/mol. The minimum atomic E-state index is 0.877. The maximum Gasteiger partial charge on any atom is 0.0403 e. The van der Waals surface area contributed by atoms with Crippen LogP contribution in [0.3, 0.4) is 0 Å². The molecule has 1 heteroatoms. The first-order valence-electron chi connectivity index (χ1n) is 7.16. The first-order chi connectivity index (χ1) is 9.86. The molecule has 0 saturated heterocycles. The van der Waals surface area contributed by atoms with Gasteiger partial charge in [0.1, 0.15) is 0 Å². The molecule has 0 atom stereocenters. The molecule has 100 valence electrons. The zero-order chi connectivity index (χ0) is 13.8. The Morgan fingerprint density at radius 2 is 1.45 bits per heavy atom. The first-order valence-corrected chi connectivity index (χ1v) is 7.16. The van der Waals surface area contributed by atoms with Gasteiger partial charge < -0.3 is 5.32 Å². The van der Waals surface area contributed by atoms with Crippen LogP contribution < -0.4 is 5.32 Å². The van der Waals surface area contributed by atoms with Gasteiger partial charge in [0.25, 0.3) is 0 Å². The van der Waals surface area contributed by atoms with E-state index in [9.17, 15) is 0 Å². The van der Waals surface area contributed by atoms with E-state index in [1.54, 1.807) is 0 Å². The molecule has 0 heterocycles. The van der Waals surface area contributed by atoms with Crippen LogP contribution >= 0.6 is 0 Å². The van der Waals surface area contributed by atoms with E-state index in [2.05, 4.69) is 79.0 Å². The van der Waals surface area contributed by atoms with Crippen molar-refractivity contribution in [2.75, 3.05) is 5.32 Å². The number of nitrogens with one attached hydrogen (secondary N) is 1. The summed E-state index contributed by atoms with van der Waals surface area (Å²) in [5, 5.41) is 6.09. The molecule has 0 aliphatic carbocycles. The van der Waals surface area contributed by atoms with Crippen LogP contribution in [0.2, 0.25) is 0 Å². The third-order valence-corrected chi connectivity index (χ3v) is 3.73. The van der Waals surface area contributed by atoms with Gasteiger partial charge in [-0.25, -0.2) is 0 Å². The van der Waals surface area contributed by atoms with Crippen molar-refractivity contribution in [2.24, 2.45) is 0 Å². The molecule has 1 N–H and O–H groups in total. The van der Waals surface area contributed by atoms with Crippen molar-refractivity contribution in [1.29, 1.82) is 0 Å². The van der Waals surface area contributed by atoms with Gasteiger partial charge in [0.2, 0.25) is 0 Å². The summed E-state index contributed by atoms with van der Waals surface area (Å²) >= 11 is 0. The quantitative estimate of drug-likeness (QED) is 0.695. The van der Waals surface area contributed by atoms with Crippen LogP contribution in [-0.4, -0.2) is 0 Å². The lowest BCUT2D eigenvalue weighted by Gasteiger charge is -2.11. The fraction of sp³-hybridized carbons (Fsp3) is 0.158. The molecule has 0 bridgehead atoms. The second-order valence-corrected chi connectivity index (χ2v) is 5.04. The van der Waals surface area contributed by atoms with Crippen molar-refractivity contribution in [2.45, 2.75) is 19.9 Å². The van der Waals surface area contributed by atoms with Crippen molar-refractivity contribution in [3.63, 3.8) is 0 Å². The predicted octanol–water partition coefficient (Wildman–Crippen LogP) is 5.01. The lowest BCUT2D eigenvalue weighted by molar-refractivity contribution is 1.04. The maximum atomic E-state index is 3.53. The Morgan fingerprint density at radius 1 is 0.750 bits per heavy atom. The molecule has 0 fully saturated rings. The van der Waals surface area contributed by atoms with E-state index in [1.165, 1.54) is 27.6 Å². The van der Waals surface area contributed by atoms with E-state index in [4.69, 9.17) is 0 Å². The molecule has 20 heavy (non-hydrogen) atoms. The molecule has 0 radical (unpaired) electrons. The van der Waals surface area contributed by atoms with E-state index < -0.39 is 0 Å². The zero-order valence-electron chi connectivity index (χ0n) is 11.8. The molecule has 0 aromatic heterocycles. The molecule has 0 amide bonds. The maximum absolute atomic E-state index is 3.53. The molecular formula is C19H19N. The summed E-state index contributed by atoms with van der Waals surface area (Å²) in [7, 11) is 0. The highest BCUT2D eigenvalue weighted by molar-refractivity contribution is 5.85. The van der Waals surface area contributed by atoms with Gasteiger partial charge in [0.15, 0.2) is 0 Å². The fourth-order valence-corrected chi connectivity index (χ4v) is 2.57. The summed E-state index contributed by atoms with van der Waals surface area (Å²) < 4.78 is 0. The van der Waals surface area contributed by atoms with Crippen LogP contribution in [0, 0.1) is 0 Å². The Balaban J connectivity index is 1.79. The highest BCUT2D eigenvalue weighted by Gasteiger charge is 2.00. The standard InChI is InChI=1S/C19H19N/c1-2-15-7-3-6-10-18(15)14-20-19-12-11-16-8-4-5-9-17(16)13-19/h3-13,20H,2,14H2,1H3. The van der Waals surface area contributed by atoms with Gasteiger partial charge >= 0.3 is 0 Å². The zero-order valence-corrected chi connectivity index (χ0v) is 11.8. The number of aryl methyl sites for hydroxylation is 1. The third kappa shape index (κ3) is 2.67. The molecule has 0 aliphatic rings. The van der Waals surface area contributed by atoms with Gasteiger partial charge in [-0.3, -0.25) is 0 Å². The minimum absolute atomic E-state index is 0.877. The van der Waals surface area contributed by atoms with Crippen LogP contribution in [0.4, 0.5) is 5.69 Å². The average Bonchev–Trinajstić information content (AvgIpc) is 2.53. The Bertz CT molecular complexity index is 716. The molecule has 0 unspecified atom stereocenters. The topological polar surface area (TPSA) is 12.0 Å². The van der Waals surface area contributed by atoms with Crippen LogP contribution in [0.25, 0.3) is 10.8 Å². The van der Waals surface area contributed by atoms with Crippen molar-refractivity contribution in [1.82, 2.24) is 0 Å². The van der Waals surface area contributed by atoms with Gasteiger partial charge in [0.05, 0.1) is 0 Å². The Morgan fingerprint density at radius 3 is 2.25 bits per heavy atom. The van der Waals surface area contributed by atoms with Gasteiger partial charge in [-0.15, -0.1) is 0 Å². The smallest absolute Gasteiger partial charge is 0.0403 e. The highest BCUT2D eigenvalue weighted by Crippen LogP contribution is 2.20. The van der Waals surface area contributed by atoms with Crippen LogP contribution in [0.15, 0.2) is 66.7 Å². The largest absolute Gasteiger partial charge is 0.381 e. The minimum Gasteiger partial charge on any atom is -0.381 e.